The van der Waals surface area contributed by atoms with Crippen molar-refractivity contribution >= 4 is 38.8 Å². The fraction of sp³-hybridized carbons (Fsp3) is 0.462. The SMILES string of the molecule is CCC(C)CN(C)S(=O)(=O)c1cc(C(N)=S)ccc1Cl. The Kier molecular flexibility index (Phi) is 5.94. The third kappa shape index (κ3) is 3.91. The van der Waals surface area contributed by atoms with E-state index >= 15 is 0 Å². The van der Waals surface area contributed by atoms with E-state index in [4.69, 9.17) is 29.6 Å². The number of hydrogen-bond donors (Lipinski definition) is 1. The molecule has 0 spiro atoms. The zero-order chi connectivity index (χ0) is 15.5. The lowest BCUT2D eigenvalue weighted by Crippen LogP contribution is -2.31. The Labute approximate surface area is 131 Å². The van der Waals surface area contributed by atoms with E-state index in [1.54, 1.807) is 13.1 Å². The quantitative estimate of drug-likeness (QED) is 0.812. The first-order chi connectivity index (χ1) is 9.20. The molecule has 4 nitrogen and oxygen atoms in total. The maximum atomic E-state index is 12.5. The van der Waals surface area contributed by atoms with Gasteiger partial charge in [-0.2, -0.15) is 0 Å². The van der Waals surface area contributed by atoms with Gasteiger partial charge in [-0.3, -0.25) is 0 Å². The number of benzene rings is 1. The van der Waals surface area contributed by atoms with Crippen molar-refractivity contribution in [2.75, 3.05) is 13.6 Å². The van der Waals surface area contributed by atoms with Crippen LogP contribution in [-0.4, -0.2) is 31.3 Å². The summed E-state index contributed by atoms with van der Waals surface area (Å²) in [5, 5.41) is 0.168. The molecule has 7 heteroatoms. The highest BCUT2D eigenvalue weighted by molar-refractivity contribution is 7.89. The van der Waals surface area contributed by atoms with Gasteiger partial charge in [-0.05, 0) is 18.1 Å². The van der Waals surface area contributed by atoms with Gasteiger partial charge in [-0.25, -0.2) is 12.7 Å². The number of rotatable bonds is 6. The minimum absolute atomic E-state index is 0.0373. The van der Waals surface area contributed by atoms with Crippen molar-refractivity contribution in [2.24, 2.45) is 11.7 Å². The van der Waals surface area contributed by atoms with Crippen LogP contribution in [0.1, 0.15) is 25.8 Å². The lowest BCUT2D eigenvalue weighted by molar-refractivity contribution is 0.393. The largest absolute Gasteiger partial charge is 0.389 e. The Hall–Kier alpha value is -0.690. The van der Waals surface area contributed by atoms with Crippen LogP contribution < -0.4 is 5.73 Å². The number of sulfonamides is 1. The molecule has 0 saturated carbocycles. The van der Waals surface area contributed by atoms with Crippen molar-refractivity contribution in [1.82, 2.24) is 4.31 Å². The monoisotopic (exact) mass is 334 g/mol. The van der Waals surface area contributed by atoms with Gasteiger partial charge < -0.3 is 5.73 Å². The molecule has 1 aromatic rings. The minimum atomic E-state index is -3.64. The summed E-state index contributed by atoms with van der Waals surface area (Å²) in [6, 6.07) is 4.53. The smallest absolute Gasteiger partial charge is 0.244 e. The predicted molar refractivity (Wildman–Crippen MR) is 86.6 cm³/mol. The van der Waals surface area contributed by atoms with E-state index in [9.17, 15) is 8.42 Å². The van der Waals surface area contributed by atoms with Crippen molar-refractivity contribution in [1.29, 1.82) is 0 Å². The fourth-order valence-corrected chi connectivity index (χ4v) is 3.60. The van der Waals surface area contributed by atoms with E-state index < -0.39 is 10.0 Å². The Morgan fingerprint density at radius 2 is 2.10 bits per heavy atom. The van der Waals surface area contributed by atoms with Crippen molar-refractivity contribution in [2.45, 2.75) is 25.2 Å². The first-order valence-corrected chi connectivity index (χ1v) is 8.48. The molecule has 0 aliphatic carbocycles. The van der Waals surface area contributed by atoms with Crippen LogP contribution in [0, 0.1) is 5.92 Å². The highest BCUT2D eigenvalue weighted by atomic mass is 35.5. The normalized spacial score (nSPS) is 13.4. The molecule has 0 radical (unpaired) electrons. The summed E-state index contributed by atoms with van der Waals surface area (Å²) >= 11 is 10.9. The number of halogens is 1. The predicted octanol–water partition coefficient (Wildman–Crippen LogP) is 2.64. The Morgan fingerprint density at radius 1 is 1.50 bits per heavy atom. The van der Waals surface area contributed by atoms with Crippen LogP contribution in [0.3, 0.4) is 0 Å². The van der Waals surface area contributed by atoms with Crippen LogP contribution in [0.5, 0.6) is 0 Å². The summed E-state index contributed by atoms with van der Waals surface area (Å²) in [6.45, 7) is 4.46. The molecule has 0 aliphatic heterocycles. The van der Waals surface area contributed by atoms with Crippen LogP contribution in [-0.2, 0) is 10.0 Å². The highest BCUT2D eigenvalue weighted by Gasteiger charge is 2.25. The maximum absolute atomic E-state index is 12.5. The molecule has 0 aromatic heterocycles. The van der Waals surface area contributed by atoms with E-state index in [2.05, 4.69) is 0 Å². The van der Waals surface area contributed by atoms with E-state index in [1.807, 2.05) is 13.8 Å². The number of hydrogen-bond acceptors (Lipinski definition) is 3. The van der Waals surface area contributed by atoms with Gasteiger partial charge in [0.2, 0.25) is 10.0 Å². The first kappa shape index (κ1) is 17.4. The van der Waals surface area contributed by atoms with Crippen LogP contribution in [0.25, 0.3) is 0 Å². The van der Waals surface area contributed by atoms with Crippen molar-refractivity contribution in [3.05, 3.63) is 28.8 Å². The summed E-state index contributed by atoms with van der Waals surface area (Å²) in [4.78, 5) is 0.179. The topological polar surface area (TPSA) is 63.4 Å². The van der Waals surface area contributed by atoms with E-state index in [0.29, 0.717) is 12.1 Å². The molecule has 1 aromatic carbocycles. The van der Waals surface area contributed by atoms with Gasteiger partial charge in [0.05, 0.1) is 5.02 Å². The third-order valence-corrected chi connectivity index (χ3v) is 5.71. The third-order valence-electron chi connectivity index (χ3n) is 3.17. The maximum Gasteiger partial charge on any atom is 0.244 e. The zero-order valence-corrected chi connectivity index (χ0v) is 14.1. The van der Waals surface area contributed by atoms with Gasteiger partial charge in [0.1, 0.15) is 9.88 Å². The van der Waals surface area contributed by atoms with Gasteiger partial charge in [0.15, 0.2) is 0 Å². The molecule has 1 rings (SSSR count). The van der Waals surface area contributed by atoms with Gasteiger partial charge in [0, 0.05) is 19.2 Å². The van der Waals surface area contributed by atoms with Gasteiger partial charge in [-0.1, -0.05) is 50.2 Å². The lowest BCUT2D eigenvalue weighted by Gasteiger charge is -2.21. The standard InChI is InChI=1S/C13H19ClN2O2S2/c1-4-9(2)8-16(3)20(17,18)12-7-10(13(15)19)5-6-11(12)14/h5-7,9H,4,8H2,1-3H3,(H2,15,19). The molecule has 0 amide bonds. The van der Waals surface area contributed by atoms with Gasteiger partial charge in [-0.15, -0.1) is 0 Å². The Balaban J connectivity index is 3.21. The van der Waals surface area contributed by atoms with Crippen LogP contribution in [0.4, 0.5) is 0 Å². The summed E-state index contributed by atoms with van der Waals surface area (Å²) in [7, 11) is -2.10. The summed E-state index contributed by atoms with van der Waals surface area (Å²) in [5.74, 6) is 0.271. The number of nitrogens with two attached hydrogens (primary N) is 1. The Bertz CT molecular complexity index is 602. The van der Waals surface area contributed by atoms with Crippen LogP contribution >= 0.6 is 23.8 Å². The molecule has 1 atom stereocenters. The van der Waals surface area contributed by atoms with Crippen molar-refractivity contribution < 1.29 is 8.42 Å². The average Bonchev–Trinajstić information content (AvgIpc) is 2.38. The van der Waals surface area contributed by atoms with Gasteiger partial charge in [0.25, 0.3) is 0 Å². The second-order valence-corrected chi connectivity index (χ2v) is 7.67. The number of thiocarbonyl (C=S) groups is 1. The van der Waals surface area contributed by atoms with Crippen LogP contribution in [0.15, 0.2) is 23.1 Å². The molecule has 2 N–H and O–H groups in total. The van der Waals surface area contributed by atoms with E-state index in [0.717, 1.165) is 6.42 Å². The Morgan fingerprint density at radius 3 is 2.60 bits per heavy atom. The van der Waals surface area contributed by atoms with E-state index in [-0.39, 0.29) is 20.8 Å². The van der Waals surface area contributed by atoms with Crippen LogP contribution in [0.2, 0.25) is 5.02 Å². The minimum Gasteiger partial charge on any atom is -0.389 e. The molecule has 1 unspecified atom stereocenters. The molecule has 0 aliphatic rings. The van der Waals surface area contributed by atoms with Crippen molar-refractivity contribution in [3.8, 4) is 0 Å². The molecular formula is C13H19ClN2O2S2. The lowest BCUT2D eigenvalue weighted by atomic mass is 10.1. The first-order valence-electron chi connectivity index (χ1n) is 6.25. The summed E-state index contributed by atoms with van der Waals surface area (Å²) in [6.07, 6.45) is 0.903. The summed E-state index contributed by atoms with van der Waals surface area (Å²) < 4.78 is 26.4. The molecule has 0 bridgehead atoms. The molecule has 0 heterocycles. The molecule has 0 fully saturated rings. The zero-order valence-electron chi connectivity index (χ0n) is 11.8. The second-order valence-electron chi connectivity index (χ2n) is 4.81. The molecular weight excluding hydrogens is 316 g/mol. The average molecular weight is 335 g/mol. The molecule has 20 heavy (non-hydrogen) atoms. The highest BCUT2D eigenvalue weighted by Crippen LogP contribution is 2.26. The van der Waals surface area contributed by atoms with E-state index in [1.165, 1.54) is 16.4 Å². The number of nitrogens with zero attached hydrogens (tertiary/aromatic N) is 1. The molecule has 112 valence electrons. The molecule has 0 saturated heterocycles. The second kappa shape index (κ2) is 6.85. The van der Waals surface area contributed by atoms with Crippen molar-refractivity contribution in [3.63, 3.8) is 0 Å². The van der Waals surface area contributed by atoms with Gasteiger partial charge >= 0.3 is 0 Å². The summed E-state index contributed by atoms with van der Waals surface area (Å²) in [5.41, 5.74) is 6.02. The fourth-order valence-electron chi connectivity index (χ4n) is 1.69.